The number of benzene rings is 1. The number of halogens is 3. The molecule has 2 atom stereocenters. The number of alkyl halides is 3. The summed E-state index contributed by atoms with van der Waals surface area (Å²) in [5, 5.41) is 2.39. The van der Waals surface area contributed by atoms with E-state index in [2.05, 4.69) is 5.32 Å². The standard InChI is InChI=1S/C17H21F3N2O4/c1-3-26-16(25)10(2)8-13(15(21)24)22-14(23)9-11-4-6-12(7-5-11)17(18,19)20/h4-7,10,13H,3,8-9H2,1-2H3,(H2,21,24)(H,22,23)/t10-,13-/m1/s1. The van der Waals surface area contributed by atoms with Crippen LogP contribution in [0, 0.1) is 5.92 Å². The van der Waals surface area contributed by atoms with Gasteiger partial charge >= 0.3 is 12.1 Å². The SMILES string of the molecule is CCOC(=O)[C@H](C)C[C@@H](NC(=O)Cc1ccc(C(F)(F)F)cc1)C(N)=O. The molecule has 6 nitrogen and oxygen atoms in total. The topological polar surface area (TPSA) is 98.5 Å². The Labute approximate surface area is 148 Å². The van der Waals surface area contributed by atoms with Crippen molar-refractivity contribution < 1.29 is 32.3 Å². The molecular weight excluding hydrogens is 353 g/mol. The van der Waals surface area contributed by atoms with Gasteiger partial charge in [-0.25, -0.2) is 0 Å². The predicted molar refractivity (Wildman–Crippen MR) is 86.7 cm³/mol. The highest BCUT2D eigenvalue weighted by atomic mass is 19.4. The highest BCUT2D eigenvalue weighted by Gasteiger charge is 2.30. The number of primary amides is 1. The van der Waals surface area contributed by atoms with Gasteiger partial charge in [0.25, 0.3) is 0 Å². The molecule has 0 bridgehead atoms. The van der Waals surface area contributed by atoms with Crippen molar-refractivity contribution >= 4 is 17.8 Å². The fourth-order valence-corrected chi connectivity index (χ4v) is 2.22. The summed E-state index contributed by atoms with van der Waals surface area (Å²) >= 11 is 0. The summed E-state index contributed by atoms with van der Waals surface area (Å²) in [5.74, 6) is -2.58. The highest BCUT2D eigenvalue weighted by Crippen LogP contribution is 2.29. The zero-order chi connectivity index (χ0) is 19.9. The average molecular weight is 374 g/mol. The summed E-state index contributed by atoms with van der Waals surface area (Å²) in [7, 11) is 0. The second-order valence-corrected chi connectivity index (χ2v) is 5.78. The first-order valence-electron chi connectivity index (χ1n) is 7.96. The Morgan fingerprint density at radius 2 is 1.77 bits per heavy atom. The van der Waals surface area contributed by atoms with Gasteiger partial charge in [-0.1, -0.05) is 19.1 Å². The molecule has 3 N–H and O–H groups in total. The van der Waals surface area contributed by atoms with E-state index < -0.39 is 41.5 Å². The van der Waals surface area contributed by atoms with Gasteiger partial charge in [-0.05, 0) is 31.0 Å². The Morgan fingerprint density at radius 1 is 1.19 bits per heavy atom. The number of hydrogen-bond acceptors (Lipinski definition) is 4. The lowest BCUT2D eigenvalue weighted by atomic mass is 10.0. The van der Waals surface area contributed by atoms with Crippen LogP contribution in [-0.4, -0.2) is 30.4 Å². The quantitative estimate of drug-likeness (QED) is 0.678. The first-order chi connectivity index (χ1) is 12.0. The number of ether oxygens (including phenoxy) is 1. The van der Waals surface area contributed by atoms with E-state index >= 15 is 0 Å². The summed E-state index contributed by atoms with van der Waals surface area (Å²) in [4.78, 5) is 35.1. The lowest BCUT2D eigenvalue weighted by molar-refractivity contribution is -0.148. The van der Waals surface area contributed by atoms with Gasteiger partial charge in [0, 0.05) is 0 Å². The Kier molecular flexibility index (Phi) is 7.60. The number of hydrogen-bond donors (Lipinski definition) is 2. The first kappa shape index (κ1) is 21.5. The van der Waals surface area contributed by atoms with Gasteiger partial charge in [-0.2, -0.15) is 13.2 Å². The molecule has 0 aliphatic carbocycles. The minimum atomic E-state index is -4.46. The fraction of sp³-hybridized carbons (Fsp3) is 0.471. The van der Waals surface area contributed by atoms with Crippen molar-refractivity contribution in [2.24, 2.45) is 11.7 Å². The lowest BCUT2D eigenvalue weighted by Gasteiger charge is -2.19. The van der Waals surface area contributed by atoms with Crippen molar-refractivity contribution in [2.75, 3.05) is 6.61 Å². The summed E-state index contributed by atoms with van der Waals surface area (Å²) in [6.45, 7) is 3.36. The van der Waals surface area contributed by atoms with E-state index in [1.54, 1.807) is 6.92 Å². The molecule has 0 radical (unpaired) electrons. The fourth-order valence-electron chi connectivity index (χ4n) is 2.22. The van der Waals surface area contributed by atoms with Crippen molar-refractivity contribution in [3.8, 4) is 0 Å². The maximum atomic E-state index is 12.5. The van der Waals surface area contributed by atoms with Gasteiger partial charge in [0.05, 0.1) is 24.5 Å². The monoisotopic (exact) mass is 374 g/mol. The molecule has 1 rings (SSSR count). The molecule has 0 unspecified atom stereocenters. The molecule has 0 heterocycles. The third-order valence-corrected chi connectivity index (χ3v) is 3.60. The molecule has 0 aliphatic heterocycles. The van der Waals surface area contributed by atoms with Crippen LogP contribution >= 0.6 is 0 Å². The molecule has 26 heavy (non-hydrogen) atoms. The Morgan fingerprint density at radius 3 is 2.23 bits per heavy atom. The van der Waals surface area contributed by atoms with Crippen LogP contribution in [0.2, 0.25) is 0 Å². The average Bonchev–Trinajstić information content (AvgIpc) is 2.53. The molecule has 0 aromatic heterocycles. The minimum Gasteiger partial charge on any atom is -0.466 e. The number of nitrogens with one attached hydrogen (secondary N) is 1. The maximum absolute atomic E-state index is 12.5. The lowest BCUT2D eigenvalue weighted by Crippen LogP contribution is -2.46. The van der Waals surface area contributed by atoms with Gasteiger partial charge < -0.3 is 15.8 Å². The summed E-state index contributed by atoms with van der Waals surface area (Å²) in [6.07, 6.45) is -4.72. The van der Waals surface area contributed by atoms with Crippen LogP contribution in [0.1, 0.15) is 31.4 Å². The maximum Gasteiger partial charge on any atom is 0.416 e. The Hall–Kier alpha value is -2.58. The molecule has 1 aromatic rings. The van der Waals surface area contributed by atoms with E-state index in [9.17, 15) is 27.6 Å². The number of amides is 2. The second kappa shape index (κ2) is 9.21. The third-order valence-electron chi connectivity index (χ3n) is 3.60. The smallest absolute Gasteiger partial charge is 0.416 e. The van der Waals surface area contributed by atoms with Gasteiger partial charge in [0.2, 0.25) is 11.8 Å². The van der Waals surface area contributed by atoms with E-state index in [1.807, 2.05) is 0 Å². The summed E-state index contributed by atoms with van der Waals surface area (Å²) in [5.41, 5.74) is 4.76. The summed E-state index contributed by atoms with van der Waals surface area (Å²) < 4.78 is 42.4. The van der Waals surface area contributed by atoms with E-state index in [0.29, 0.717) is 5.56 Å². The number of nitrogens with two attached hydrogens (primary N) is 1. The second-order valence-electron chi connectivity index (χ2n) is 5.78. The zero-order valence-electron chi connectivity index (χ0n) is 14.4. The molecular formula is C17H21F3N2O4. The first-order valence-corrected chi connectivity index (χ1v) is 7.96. The molecule has 9 heteroatoms. The molecule has 1 aromatic carbocycles. The molecule has 0 fully saturated rings. The highest BCUT2D eigenvalue weighted by molar-refractivity contribution is 5.88. The predicted octanol–water partition coefficient (Wildman–Crippen LogP) is 1.81. The van der Waals surface area contributed by atoms with Crippen LogP contribution in [0.3, 0.4) is 0 Å². The zero-order valence-corrected chi connectivity index (χ0v) is 14.4. The van der Waals surface area contributed by atoms with Crippen molar-refractivity contribution in [3.05, 3.63) is 35.4 Å². The van der Waals surface area contributed by atoms with Crippen LogP contribution in [0.5, 0.6) is 0 Å². The molecule has 0 aliphatic rings. The van der Waals surface area contributed by atoms with Crippen molar-refractivity contribution in [2.45, 2.75) is 38.9 Å². The normalized spacial score (nSPS) is 13.6. The summed E-state index contributed by atoms with van der Waals surface area (Å²) in [6, 6.07) is 3.02. The van der Waals surface area contributed by atoms with Gasteiger partial charge in [-0.15, -0.1) is 0 Å². The van der Waals surface area contributed by atoms with Gasteiger partial charge in [0.1, 0.15) is 6.04 Å². The third kappa shape index (κ3) is 6.73. The number of carbonyl (C=O) groups is 3. The van der Waals surface area contributed by atoms with Crippen molar-refractivity contribution in [3.63, 3.8) is 0 Å². The van der Waals surface area contributed by atoms with E-state index in [-0.39, 0.29) is 19.4 Å². The van der Waals surface area contributed by atoms with Crippen molar-refractivity contribution in [1.29, 1.82) is 0 Å². The van der Waals surface area contributed by atoms with E-state index in [0.717, 1.165) is 12.1 Å². The molecule has 2 amide bonds. The van der Waals surface area contributed by atoms with Gasteiger partial charge in [-0.3, -0.25) is 14.4 Å². The van der Waals surface area contributed by atoms with Crippen LogP contribution in [0.4, 0.5) is 13.2 Å². The van der Waals surface area contributed by atoms with Crippen LogP contribution in [0.25, 0.3) is 0 Å². The van der Waals surface area contributed by atoms with Crippen molar-refractivity contribution in [1.82, 2.24) is 5.32 Å². The molecule has 0 saturated carbocycles. The number of esters is 1. The Bertz CT molecular complexity index is 644. The minimum absolute atomic E-state index is 0.0348. The Balaban J connectivity index is 2.67. The molecule has 0 spiro atoms. The van der Waals surface area contributed by atoms with E-state index in [1.165, 1.54) is 19.1 Å². The van der Waals surface area contributed by atoms with Crippen LogP contribution in [-0.2, 0) is 31.7 Å². The van der Waals surface area contributed by atoms with Crippen LogP contribution < -0.4 is 11.1 Å². The largest absolute Gasteiger partial charge is 0.466 e. The van der Waals surface area contributed by atoms with Crippen LogP contribution in [0.15, 0.2) is 24.3 Å². The number of rotatable bonds is 8. The molecule has 0 saturated heterocycles. The van der Waals surface area contributed by atoms with E-state index in [4.69, 9.17) is 10.5 Å². The van der Waals surface area contributed by atoms with Gasteiger partial charge in [0.15, 0.2) is 0 Å². The number of carbonyl (C=O) groups excluding carboxylic acids is 3. The molecule has 144 valence electrons.